The molecule has 0 saturated carbocycles. The number of likely N-dealkylation sites (tertiary alicyclic amines) is 1. The number of phenols is 1. The number of ether oxygens (including phenoxy) is 1. The SMILES string of the molecule is Cc1cc(C)cc(Oc2coc3c(CN4CCCCCC4)c(O)ccc3c2=O)c1. The highest BCUT2D eigenvalue weighted by molar-refractivity contribution is 5.83. The zero-order valence-corrected chi connectivity index (χ0v) is 17.0. The van der Waals surface area contributed by atoms with E-state index in [4.69, 9.17) is 9.15 Å². The highest BCUT2D eigenvalue weighted by Crippen LogP contribution is 2.30. The third-order valence-corrected chi connectivity index (χ3v) is 5.49. The van der Waals surface area contributed by atoms with Crippen LogP contribution in [0.15, 0.2) is 45.8 Å². The Morgan fingerprint density at radius 3 is 2.41 bits per heavy atom. The van der Waals surface area contributed by atoms with E-state index in [0.717, 1.165) is 37.1 Å². The molecule has 3 aromatic rings. The molecular formula is C24H27NO4. The van der Waals surface area contributed by atoms with Crippen LogP contribution >= 0.6 is 0 Å². The molecule has 4 rings (SSSR count). The molecule has 0 unspecified atom stereocenters. The molecular weight excluding hydrogens is 366 g/mol. The fourth-order valence-corrected chi connectivity index (χ4v) is 4.09. The number of aryl methyl sites for hydroxylation is 2. The van der Waals surface area contributed by atoms with Crippen molar-refractivity contribution in [2.24, 2.45) is 0 Å². The van der Waals surface area contributed by atoms with Gasteiger partial charge in [0.25, 0.3) is 0 Å². The molecule has 0 radical (unpaired) electrons. The molecule has 0 aliphatic carbocycles. The van der Waals surface area contributed by atoms with Gasteiger partial charge in [-0.05, 0) is 75.2 Å². The van der Waals surface area contributed by atoms with Crippen molar-refractivity contribution in [3.8, 4) is 17.2 Å². The van der Waals surface area contributed by atoms with Crippen molar-refractivity contribution in [1.82, 2.24) is 4.90 Å². The Labute approximate surface area is 170 Å². The lowest BCUT2D eigenvalue weighted by Crippen LogP contribution is -2.24. The molecule has 29 heavy (non-hydrogen) atoms. The average molecular weight is 393 g/mol. The van der Waals surface area contributed by atoms with Gasteiger partial charge >= 0.3 is 0 Å². The fourth-order valence-electron chi connectivity index (χ4n) is 4.09. The van der Waals surface area contributed by atoms with Crippen molar-refractivity contribution in [2.75, 3.05) is 13.1 Å². The maximum atomic E-state index is 13.0. The number of hydrogen-bond acceptors (Lipinski definition) is 5. The van der Waals surface area contributed by atoms with E-state index in [1.807, 2.05) is 32.0 Å². The second kappa shape index (κ2) is 8.29. The molecule has 0 bridgehead atoms. The van der Waals surface area contributed by atoms with Crippen molar-refractivity contribution in [3.05, 3.63) is 63.5 Å². The first kappa shape index (κ1) is 19.5. The summed E-state index contributed by atoms with van der Waals surface area (Å²) in [5, 5.41) is 10.9. The standard InChI is InChI=1S/C24H27NO4/c1-16-11-17(2)13-18(12-16)29-22-15-28-24-19(23(22)27)7-8-21(26)20(24)14-25-9-5-3-4-6-10-25/h7-8,11-13,15,26H,3-6,9-10,14H2,1-2H3. The molecule has 0 spiro atoms. The maximum absolute atomic E-state index is 13.0. The highest BCUT2D eigenvalue weighted by Gasteiger charge is 2.18. The summed E-state index contributed by atoms with van der Waals surface area (Å²) in [7, 11) is 0. The normalized spacial score (nSPS) is 15.4. The smallest absolute Gasteiger partial charge is 0.235 e. The number of fused-ring (bicyclic) bond motifs is 1. The largest absolute Gasteiger partial charge is 0.507 e. The third kappa shape index (κ3) is 4.30. The lowest BCUT2D eigenvalue weighted by molar-refractivity contribution is 0.272. The minimum absolute atomic E-state index is 0.147. The first-order chi connectivity index (χ1) is 14.0. The van der Waals surface area contributed by atoms with Crippen LogP contribution in [0.2, 0.25) is 0 Å². The minimum atomic E-state index is -0.234. The molecule has 1 aromatic heterocycles. The van der Waals surface area contributed by atoms with E-state index in [2.05, 4.69) is 4.90 Å². The second-order valence-electron chi connectivity index (χ2n) is 7.98. The summed E-state index contributed by atoms with van der Waals surface area (Å²) in [6.07, 6.45) is 6.15. The van der Waals surface area contributed by atoms with Gasteiger partial charge in [0, 0.05) is 6.54 Å². The summed E-state index contributed by atoms with van der Waals surface area (Å²) < 4.78 is 11.7. The van der Waals surface area contributed by atoms with Gasteiger partial charge in [0.05, 0.1) is 10.9 Å². The van der Waals surface area contributed by atoms with Crippen LogP contribution in [0.5, 0.6) is 17.2 Å². The monoisotopic (exact) mass is 393 g/mol. The topological polar surface area (TPSA) is 62.9 Å². The van der Waals surface area contributed by atoms with E-state index in [-0.39, 0.29) is 16.9 Å². The highest BCUT2D eigenvalue weighted by atomic mass is 16.5. The lowest BCUT2D eigenvalue weighted by atomic mass is 10.1. The van der Waals surface area contributed by atoms with Crippen molar-refractivity contribution in [1.29, 1.82) is 0 Å². The first-order valence-corrected chi connectivity index (χ1v) is 10.3. The van der Waals surface area contributed by atoms with Crippen LogP contribution in [0.1, 0.15) is 42.4 Å². The predicted molar refractivity (Wildman–Crippen MR) is 114 cm³/mol. The van der Waals surface area contributed by atoms with Crippen molar-refractivity contribution in [2.45, 2.75) is 46.1 Å². The Kier molecular flexibility index (Phi) is 5.58. The minimum Gasteiger partial charge on any atom is -0.507 e. The fraction of sp³-hybridized carbons (Fsp3) is 0.375. The summed E-state index contributed by atoms with van der Waals surface area (Å²) in [5.74, 6) is 0.916. The molecule has 2 aromatic carbocycles. The Balaban J connectivity index is 1.69. The Morgan fingerprint density at radius 2 is 1.72 bits per heavy atom. The zero-order chi connectivity index (χ0) is 20.4. The Hall–Kier alpha value is -2.79. The third-order valence-electron chi connectivity index (χ3n) is 5.49. The molecule has 1 aliphatic heterocycles. The number of aromatic hydroxyl groups is 1. The van der Waals surface area contributed by atoms with Gasteiger partial charge in [-0.1, -0.05) is 18.9 Å². The van der Waals surface area contributed by atoms with Crippen molar-refractivity contribution < 1.29 is 14.3 Å². The van der Waals surface area contributed by atoms with Crippen LogP contribution < -0.4 is 10.2 Å². The molecule has 1 fully saturated rings. The first-order valence-electron chi connectivity index (χ1n) is 10.3. The van der Waals surface area contributed by atoms with Gasteiger partial charge < -0.3 is 14.3 Å². The lowest BCUT2D eigenvalue weighted by Gasteiger charge is -2.20. The molecule has 0 atom stereocenters. The molecule has 1 saturated heterocycles. The Morgan fingerprint density at radius 1 is 1.03 bits per heavy atom. The van der Waals surface area contributed by atoms with Crippen LogP contribution in [0.25, 0.3) is 11.0 Å². The van der Waals surface area contributed by atoms with Crippen molar-refractivity contribution >= 4 is 11.0 Å². The Bertz CT molecular complexity index is 1060. The van der Waals surface area contributed by atoms with Gasteiger partial charge in [-0.25, -0.2) is 0 Å². The zero-order valence-electron chi connectivity index (χ0n) is 17.0. The van der Waals surface area contributed by atoms with Crippen LogP contribution in [-0.2, 0) is 6.54 Å². The summed E-state index contributed by atoms with van der Waals surface area (Å²) in [6.45, 7) is 6.53. The number of phenolic OH excluding ortho intramolecular Hbond substituents is 1. The molecule has 5 nitrogen and oxygen atoms in total. The number of hydrogen-bond donors (Lipinski definition) is 1. The second-order valence-corrected chi connectivity index (χ2v) is 7.98. The summed E-state index contributed by atoms with van der Waals surface area (Å²) in [6, 6.07) is 9.01. The van der Waals surface area contributed by atoms with E-state index in [0.29, 0.717) is 28.8 Å². The summed E-state index contributed by atoms with van der Waals surface area (Å²) in [5.41, 5.74) is 3.00. The van der Waals surface area contributed by atoms with Crippen LogP contribution in [0.3, 0.4) is 0 Å². The van der Waals surface area contributed by atoms with Crippen LogP contribution in [-0.4, -0.2) is 23.1 Å². The number of nitrogens with zero attached hydrogens (tertiary/aromatic N) is 1. The molecule has 1 aliphatic rings. The van der Waals surface area contributed by atoms with E-state index in [1.54, 1.807) is 12.1 Å². The summed E-state index contributed by atoms with van der Waals surface area (Å²) in [4.78, 5) is 15.4. The van der Waals surface area contributed by atoms with Crippen LogP contribution in [0.4, 0.5) is 0 Å². The number of benzene rings is 2. The van der Waals surface area contributed by atoms with E-state index in [1.165, 1.54) is 19.1 Å². The molecule has 2 heterocycles. The van der Waals surface area contributed by atoms with Gasteiger partial charge in [-0.2, -0.15) is 0 Å². The summed E-state index contributed by atoms with van der Waals surface area (Å²) >= 11 is 0. The molecule has 5 heteroatoms. The average Bonchev–Trinajstić information content (AvgIpc) is 2.94. The quantitative estimate of drug-likeness (QED) is 0.653. The molecule has 152 valence electrons. The van der Waals surface area contributed by atoms with E-state index in [9.17, 15) is 9.90 Å². The molecule has 0 amide bonds. The van der Waals surface area contributed by atoms with Gasteiger partial charge in [0.1, 0.15) is 23.3 Å². The van der Waals surface area contributed by atoms with Gasteiger partial charge in [0.15, 0.2) is 0 Å². The predicted octanol–water partition coefficient (Wildman–Crippen LogP) is 5.28. The van der Waals surface area contributed by atoms with Gasteiger partial charge in [-0.15, -0.1) is 0 Å². The van der Waals surface area contributed by atoms with Gasteiger partial charge in [-0.3, -0.25) is 9.69 Å². The van der Waals surface area contributed by atoms with E-state index >= 15 is 0 Å². The maximum Gasteiger partial charge on any atom is 0.235 e. The van der Waals surface area contributed by atoms with E-state index < -0.39 is 0 Å². The van der Waals surface area contributed by atoms with Crippen molar-refractivity contribution in [3.63, 3.8) is 0 Å². The van der Waals surface area contributed by atoms with Crippen LogP contribution in [0, 0.1) is 13.8 Å². The van der Waals surface area contributed by atoms with Gasteiger partial charge in [0.2, 0.25) is 11.2 Å². The number of rotatable bonds is 4. The molecule has 1 N–H and O–H groups in total.